The van der Waals surface area contributed by atoms with Crippen molar-refractivity contribution in [2.45, 2.75) is 26.1 Å². The third-order valence-corrected chi connectivity index (χ3v) is 1.63. The number of hydrogen-bond acceptors (Lipinski definition) is 1. The molecule has 0 unspecified atom stereocenters. The van der Waals surface area contributed by atoms with Gasteiger partial charge in [-0.15, -0.1) is 0 Å². The fourth-order valence-electron chi connectivity index (χ4n) is 1.09. The number of halogens is 4. The van der Waals surface area contributed by atoms with Gasteiger partial charge in [-0.2, -0.15) is 13.2 Å². The first-order valence-electron chi connectivity index (χ1n) is 4.34. The van der Waals surface area contributed by atoms with Gasteiger partial charge < -0.3 is 4.74 Å². The zero-order chi connectivity index (χ0) is 11.6. The van der Waals surface area contributed by atoms with Gasteiger partial charge in [0, 0.05) is 0 Å². The van der Waals surface area contributed by atoms with E-state index >= 15 is 0 Å². The Bertz CT molecular complexity index is 344. The lowest BCUT2D eigenvalue weighted by Gasteiger charge is -2.16. The second-order valence-electron chi connectivity index (χ2n) is 3.28. The molecule has 0 saturated heterocycles. The second kappa shape index (κ2) is 4.08. The maximum atomic E-state index is 13.1. The van der Waals surface area contributed by atoms with Gasteiger partial charge in [0.2, 0.25) is 0 Å². The molecule has 0 aliphatic heterocycles. The summed E-state index contributed by atoms with van der Waals surface area (Å²) in [6.45, 7) is 3.07. The van der Waals surface area contributed by atoms with Crippen molar-refractivity contribution >= 4 is 0 Å². The van der Waals surface area contributed by atoms with E-state index in [4.69, 9.17) is 4.74 Å². The molecule has 1 rings (SSSR count). The normalized spacial score (nSPS) is 11.9. The molecule has 0 amide bonds. The minimum Gasteiger partial charge on any atom is -0.487 e. The first kappa shape index (κ1) is 11.8. The van der Waals surface area contributed by atoms with Crippen LogP contribution >= 0.6 is 0 Å². The van der Waals surface area contributed by atoms with Crippen LogP contribution in [0, 0.1) is 5.82 Å². The van der Waals surface area contributed by atoms with Crippen LogP contribution in [-0.4, -0.2) is 6.10 Å². The Balaban J connectivity index is 3.21. The minimum atomic E-state index is -4.60. The highest BCUT2D eigenvalue weighted by molar-refractivity contribution is 5.37. The number of alkyl halides is 3. The van der Waals surface area contributed by atoms with Gasteiger partial charge in [-0.3, -0.25) is 0 Å². The van der Waals surface area contributed by atoms with Gasteiger partial charge >= 0.3 is 6.18 Å². The Hall–Kier alpha value is -1.26. The maximum Gasteiger partial charge on any atom is 0.420 e. The van der Waals surface area contributed by atoms with Crippen LogP contribution in [0.25, 0.3) is 0 Å². The molecule has 1 aromatic rings. The summed E-state index contributed by atoms with van der Waals surface area (Å²) in [6, 6.07) is 2.74. The molecule has 0 spiro atoms. The van der Waals surface area contributed by atoms with Gasteiger partial charge in [-0.1, -0.05) is 6.07 Å². The average molecular weight is 222 g/mol. The summed E-state index contributed by atoms with van der Waals surface area (Å²) in [6.07, 6.45) is -5.12. The summed E-state index contributed by atoms with van der Waals surface area (Å²) in [5, 5.41) is 0. The lowest BCUT2D eigenvalue weighted by Crippen LogP contribution is -2.14. The largest absolute Gasteiger partial charge is 0.487 e. The first-order valence-corrected chi connectivity index (χ1v) is 4.34. The lowest BCUT2D eigenvalue weighted by molar-refractivity contribution is -0.139. The Kier molecular flexibility index (Phi) is 3.21. The van der Waals surface area contributed by atoms with Crippen LogP contribution in [0.4, 0.5) is 17.6 Å². The van der Waals surface area contributed by atoms with Gasteiger partial charge in [0.05, 0.1) is 6.10 Å². The summed E-state index contributed by atoms with van der Waals surface area (Å²) in [4.78, 5) is 0. The van der Waals surface area contributed by atoms with Crippen molar-refractivity contribution in [3.8, 4) is 5.75 Å². The van der Waals surface area contributed by atoms with E-state index in [9.17, 15) is 17.6 Å². The molecule has 0 heterocycles. The topological polar surface area (TPSA) is 9.23 Å². The Labute approximate surface area is 84.7 Å². The van der Waals surface area contributed by atoms with Crippen molar-refractivity contribution in [1.29, 1.82) is 0 Å². The molecule has 1 nitrogen and oxygen atoms in total. The third-order valence-electron chi connectivity index (χ3n) is 1.63. The zero-order valence-corrected chi connectivity index (χ0v) is 8.23. The molecular weight excluding hydrogens is 212 g/mol. The van der Waals surface area contributed by atoms with E-state index in [0.29, 0.717) is 0 Å². The Morgan fingerprint density at radius 2 is 1.80 bits per heavy atom. The summed E-state index contributed by atoms with van der Waals surface area (Å²) in [5.41, 5.74) is -1.09. The maximum absolute atomic E-state index is 13.1. The summed E-state index contributed by atoms with van der Waals surface area (Å²) in [5.74, 6) is -1.74. The van der Waals surface area contributed by atoms with Gasteiger partial charge in [0.25, 0.3) is 0 Å². The number of ether oxygens (including phenoxy) is 1. The predicted molar refractivity (Wildman–Crippen MR) is 47.2 cm³/mol. The molecule has 15 heavy (non-hydrogen) atoms. The molecule has 5 heteroatoms. The summed E-state index contributed by atoms with van der Waals surface area (Å²) < 4.78 is 55.2. The Morgan fingerprint density at radius 3 is 2.27 bits per heavy atom. The van der Waals surface area contributed by atoms with E-state index < -0.39 is 29.4 Å². The van der Waals surface area contributed by atoms with Crippen LogP contribution in [0.3, 0.4) is 0 Å². The van der Waals surface area contributed by atoms with Crippen LogP contribution in [0.1, 0.15) is 19.4 Å². The second-order valence-corrected chi connectivity index (χ2v) is 3.28. The standard InChI is InChI=1S/C10H10F4O/c1-6(2)15-9-7(10(12,13)14)4-3-5-8(9)11/h3-6H,1-2H3. The zero-order valence-electron chi connectivity index (χ0n) is 8.23. The molecule has 0 fully saturated rings. The first-order chi connectivity index (χ1) is 6.82. The van der Waals surface area contributed by atoms with Gasteiger partial charge in [0.1, 0.15) is 5.56 Å². The highest BCUT2D eigenvalue weighted by atomic mass is 19.4. The molecule has 0 aromatic heterocycles. The van der Waals surface area contributed by atoms with Crippen molar-refractivity contribution in [1.82, 2.24) is 0 Å². The molecule has 0 aliphatic rings. The fourth-order valence-corrected chi connectivity index (χ4v) is 1.09. The lowest BCUT2D eigenvalue weighted by atomic mass is 10.2. The quantitative estimate of drug-likeness (QED) is 0.694. The monoisotopic (exact) mass is 222 g/mol. The van der Waals surface area contributed by atoms with E-state index in [2.05, 4.69) is 0 Å². The van der Waals surface area contributed by atoms with Crippen molar-refractivity contribution in [3.05, 3.63) is 29.6 Å². The van der Waals surface area contributed by atoms with Gasteiger partial charge in [-0.05, 0) is 26.0 Å². The predicted octanol–water partition coefficient (Wildman–Crippen LogP) is 3.63. The molecule has 1 aromatic carbocycles. The summed E-state index contributed by atoms with van der Waals surface area (Å²) >= 11 is 0. The van der Waals surface area contributed by atoms with E-state index in [1.807, 2.05) is 0 Å². The Morgan fingerprint density at radius 1 is 1.20 bits per heavy atom. The van der Waals surface area contributed by atoms with Crippen molar-refractivity contribution in [2.75, 3.05) is 0 Å². The number of hydrogen-bond donors (Lipinski definition) is 0. The highest BCUT2D eigenvalue weighted by Crippen LogP contribution is 2.37. The van der Waals surface area contributed by atoms with Crippen LogP contribution in [0.5, 0.6) is 5.75 Å². The van der Waals surface area contributed by atoms with Crippen LogP contribution < -0.4 is 4.74 Å². The van der Waals surface area contributed by atoms with Crippen molar-refractivity contribution < 1.29 is 22.3 Å². The fraction of sp³-hybridized carbons (Fsp3) is 0.400. The molecule has 0 bridgehead atoms. The number of benzene rings is 1. The van der Waals surface area contributed by atoms with Gasteiger partial charge in [0.15, 0.2) is 11.6 Å². The number of para-hydroxylation sites is 1. The molecular formula is C10H10F4O. The van der Waals surface area contributed by atoms with E-state index in [1.54, 1.807) is 0 Å². The molecule has 0 aliphatic carbocycles. The van der Waals surface area contributed by atoms with E-state index in [1.165, 1.54) is 13.8 Å². The van der Waals surface area contributed by atoms with Crippen molar-refractivity contribution in [2.24, 2.45) is 0 Å². The van der Waals surface area contributed by atoms with Crippen LogP contribution in [0.2, 0.25) is 0 Å². The summed E-state index contributed by atoms with van der Waals surface area (Å²) in [7, 11) is 0. The molecule has 0 atom stereocenters. The highest BCUT2D eigenvalue weighted by Gasteiger charge is 2.35. The third kappa shape index (κ3) is 2.84. The van der Waals surface area contributed by atoms with Crippen LogP contribution in [0.15, 0.2) is 18.2 Å². The molecule has 84 valence electrons. The minimum absolute atomic E-state index is 0.511. The van der Waals surface area contributed by atoms with Crippen LogP contribution in [-0.2, 0) is 6.18 Å². The van der Waals surface area contributed by atoms with Gasteiger partial charge in [-0.25, -0.2) is 4.39 Å². The molecule has 0 saturated carbocycles. The smallest absolute Gasteiger partial charge is 0.420 e. The van der Waals surface area contributed by atoms with E-state index in [0.717, 1.165) is 18.2 Å². The van der Waals surface area contributed by atoms with Crippen molar-refractivity contribution in [3.63, 3.8) is 0 Å². The number of rotatable bonds is 2. The molecule has 0 radical (unpaired) electrons. The molecule has 0 N–H and O–H groups in total. The SMILES string of the molecule is CC(C)Oc1c(F)cccc1C(F)(F)F. The average Bonchev–Trinajstić information content (AvgIpc) is 2.05. The van der Waals surface area contributed by atoms with E-state index in [-0.39, 0.29) is 0 Å².